The smallest absolute Gasteiger partial charge is 0.160 e. The molecule has 0 spiro atoms. The van der Waals surface area contributed by atoms with E-state index in [-0.39, 0.29) is 0 Å². The Hall–Kier alpha value is -2.26. The van der Waals surface area contributed by atoms with Gasteiger partial charge in [-0.15, -0.1) is 0 Å². The summed E-state index contributed by atoms with van der Waals surface area (Å²) in [5.41, 5.74) is 5.99. The molecular formula is C25H33NO2. The molecule has 3 heteroatoms. The number of ether oxygens (including phenoxy) is 2. The van der Waals surface area contributed by atoms with Crippen LogP contribution in [0.4, 0.5) is 0 Å². The molecule has 0 saturated heterocycles. The first-order chi connectivity index (χ1) is 13.7. The van der Waals surface area contributed by atoms with E-state index in [1.807, 2.05) is 6.07 Å². The number of methoxy groups -OCH3 is 2. The average Bonchev–Trinajstić information content (AvgIpc) is 2.94. The van der Waals surface area contributed by atoms with Crippen LogP contribution in [-0.2, 0) is 19.3 Å². The highest BCUT2D eigenvalue weighted by Gasteiger charge is 2.10. The predicted molar refractivity (Wildman–Crippen MR) is 117 cm³/mol. The van der Waals surface area contributed by atoms with Crippen LogP contribution in [0.25, 0.3) is 0 Å². The molecule has 0 heterocycles. The second-order valence-electron chi connectivity index (χ2n) is 7.66. The largest absolute Gasteiger partial charge is 0.493 e. The Morgan fingerprint density at radius 3 is 2.18 bits per heavy atom. The Bertz CT molecular complexity index is 768. The summed E-state index contributed by atoms with van der Waals surface area (Å²) >= 11 is 0. The van der Waals surface area contributed by atoms with Crippen LogP contribution < -0.4 is 9.47 Å². The highest BCUT2D eigenvalue weighted by molar-refractivity contribution is 5.43. The van der Waals surface area contributed by atoms with Crippen molar-refractivity contribution in [2.75, 3.05) is 34.4 Å². The third-order valence-corrected chi connectivity index (χ3v) is 5.72. The minimum Gasteiger partial charge on any atom is -0.493 e. The molecule has 0 bridgehead atoms. The third kappa shape index (κ3) is 5.62. The fourth-order valence-electron chi connectivity index (χ4n) is 3.92. The molecule has 0 radical (unpaired) electrons. The zero-order valence-electron chi connectivity index (χ0n) is 17.5. The normalized spacial score (nSPS) is 13.8. The molecule has 3 rings (SSSR count). The Balaban J connectivity index is 1.43. The van der Waals surface area contributed by atoms with Gasteiger partial charge < -0.3 is 14.4 Å². The summed E-state index contributed by atoms with van der Waals surface area (Å²) in [7, 11) is 5.57. The van der Waals surface area contributed by atoms with Crippen molar-refractivity contribution in [3.8, 4) is 11.5 Å². The first-order valence-corrected chi connectivity index (χ1v) is 10.3. The lowest BCUT2D eigenvalue weighted by Crippen LogP contribution is -2.22. The number of fused-ring (bicyclic) bond motifs is 1. The van der Waals surface area contributed by atoms with Gasteiger partial charge >= 0.3 is 0 Å². The standard InChI is InChI=1S/C25H33NO2/c1-26(18-16-21-12-15-24(27-2)25(19-21)28-3)17-6-7-20-10-13-22-8-4-5-9-23(22)14-11-20/h4-5,7-9,12,15,19H,6,10-11,13-14,16-18H2,1-3H3. The summed E-state index contributed by atoms with van der Waals surface area (Å²) < 4.78 is 10.7. The molecule has 2 aromatic carbocycles. The van der Waals surface area contributed by atoms with Crippen LogP contribution in [0.3, 0.4) is 0 Å². The maximum absolute atomic E-state index is 5.40. The van der Waals surface area contributed by atoms with Gasteiger partial charge in [-0.1, -0.05) is 42.0 Å². The molecule has 2 aromatic rings. The molecule has 150 valence electrons. The van der Waals surface area contributed by atoms with Crippen LogP contribution in [0.1, 0.15) is 36.0 Å². The van der Waals surface area contributed by atoms with Crippen molar-refractivity contribution in [3.63, 3.8) is 0 Å². The Kier molecular flexibility index (Phi) is 7.55. The highest BCUT2D eigenvalue weighted by atomic mass is 16.5. The zero-order chi connectivity index (χ0) is 19.8. The third-order valence-electron chi connectivity index (χ3n) is 5.72. The predicted octanol–water partition coefficient (Wildman–Crippen LogP) is 5.07. The van der Waals surface area contributed by atoms with E-state index in [4.69, 9.17) is 9.47 Å². The molecule has 0 saturated carbocycles. The SMILES string of the molecule is COc1ccc(CCN(C)CCC=C2CCc3ccccc3CC2)cc1OC. The molecule has 1 aliphatic carbocycles. The van der Waals surface area contributed by atoms with Crippen LogP contribution in [0.2, 0.25) is 0 Å². The lowest BCUT2D eigenvalue weighted by atomic mass is 10.0. The summed E-state index contributed by atoms with van der Waals surface area (Å²) in [6.07, 6.45) is 9.45. The molecule has 1 aliphatic rings. The summed E-state index contributed by atoms with van der Waals surface area (Å²) in [5.74, 6) is 1.60. The number of allylic oxidation sites excluding steroid dienone is 1. The van der Waals surface area contributed by atoms with Crippen LogP contribution in [0.5, 0.6) is 11.5 Å². The molecule has 0 N–H and O–H groups in total. The Morgan fingerprint density at radius 1 is 0.857 bits per heavy atom. The van der Waals surface area contributed by atoms with E-state index in [2.05, 4.69) is 54.4 Å². The molecular weight excluding hydrogens is 346 g/mol. The fourth-order valence-corrected chi connectivity index (χ4v) is 3.92. The molecule has 0 aromatic heterocycles. The molecule has 0 aliphatic heterocycles. The van der Waals surface area contributed by atoms with Crippen molar-refractivity contribution < 1.29 is 9.47 Å². The second-order valence-corrected chi connectivity index (χ2v) is 7.66. The number of nitrogens with zero attached hydrogens (tertiary/aromatic N) is 1. The summed E-state index contributed by atoms with van der Waals surface area (Å²) in [6, 6.07) is 15.1. The molecule has 0 fully saturated rings. The lowest BCUT2D eigenvalue weighted by Gasteiger charge is -2.16. The van der Waals surface area contributed by atoms with E-state index in [9.17, 15) is 0 Å². The van der Waals surface area contributed by atoms with Gasteiger partial charge in [-0.25, -0.2) is 0 Å². The number of likely N-dealkylation sites (N-methyl/N-ethyl adjacent to an activating group) is 1. The van der Waals surface area contributed by atoms with Crippen molar-refractivity contribution >= 4 is 0 Å². The molecule has 0 amide bonds. The molecule has 3 nitrogen and oxygen atoms in total. The van der Waals surface area contributed by atoms with Gasteiger partial charge in [0.1, 0.15) is 0 Å². The van der Waals surface area contributed by atoms with Crippen LogP contribution in [-0.4, -0.2) is 39.3 Å². The van der Waals surface area contributed by atoms with Crippen LogP contribution in [0, 0.1) is 0 Å². The monoisotopic (exact) mass is 379 g/mol. The van der Waals surface area contributed by atoms with Gasteiger partial charge in [0.15, 0.2) is 11.5 Å². The highest BCUT2D eigenvalue weighted by Crippen LogP contribution is 2.28. The van der Waals surface area contributed by atoms with Crippen molar-refractivity contribution in [1.82, 2.24) is 4.90 Å². The number of aryl methyl sites for hydroxylation is 2. The summed E-state index contributed by atoms with van der Waals surface area (Å²) in [6.45, 7) is 2.15. The van der Waals surface area contributed by atoms with Crippen molar-refractivity contribution in [2.24, 2.45) is 0 Å². The van der Waals surface area contributed by atoms with Crippen LogP contribution >= 0.6 is 0 Å². The number of hydrogen-bond acceptors (Lipinski definition) is 3. The van der Waals surface area contributed by atoms with Gasteiger partial charge in [-0.05, 0) is 74.4 Å². The van der Waals surface area contributed by atoms with Gasteiger partial charge in [-0.3, -0.25) is 0 Å². The van der Waals surface area contributed by atoms with E-state index >= 15 is 0 Å². The topological polar surface area (TPSA) is 21.7 Å². The maximum atomic E-state index is 5.40. The van der Waals surface area contributed by atoms with Gasteiger partial charge in [-0.2, -0.15) is 0 Å². The van der Waals surface area contributed by atoms with E-state index in [1.165, 1.54) is 42.4 Å². The van der Waals surface area contributed by atoms with Gasteiger partial charge in [0.2, 0.25) is 0 Å². The van der Waals surface area contributed by atoms with Gasteiger partial charge in [0.05, 0.1) is 14.2 Å². The number of benzene rings is 2. The van der Waals surface area contributed by atoms with Crippen molar-refractivity contribution in [2.45, 2.75) is 38.5 Å². The lowest BCUT2D eigenvalue weighted by molar-refractivity contribution is 0.342. The quantitative estimate of drug-likeness (QED) is 0.472. The van der Waals surface area contributed by atoms with E-state index in [1.54, 1.807) is 19.8 Å². The van der Waals surface area contributed by atoms with Crippen molar-refractivity contribution in [3.05, 3.63) is 70.8 Å². The molecule has 28 heavy (non-hydrogen) atoms. The minimum atomic E-state index is 0.789. The number of hydrogen-bond donors (Lipinski definition) is 0. The first kappa shape index (κ1) is 20.5. The maximum Gasteiger partial charge on any atom is 0.160 e. The average molecular weight is 380 g/mol. The summed E-state index contributed by atoms with van der Waals surface area (Å²) in [4.78, 5) is 2.42. The Labute approximate surface area is 170 Å². The second kappa shape index (κ2) is 10.3. The number of rotatable bonds is 8. The summed E-state index contributed by atoms with van der Waals surface area (Å²) in [5, 5.41) is 0. The van der Waals surface area contributed by atoms with Gasteiger partial charge in [0.25, 0.3) is 0 Å². The van der Waals surface area contributed by atoms with Gasteiger partial charge in [0, 0.05) is 13.1 Å². The van der Waals surface area contributed by atoms with E-state index in [0.717, 1.165) is 37.4 Å². The minimum absolute atomic E-state index is 0.789. The van der Waals surface area contributed by atoms with Crippen LogP contribution in [0.15, 0.2) is 54.1 Å². The van der Waals surface area contributed by atoms with E-state index in [0.29, 0.717) is 0 Å². The fraction of sp³-hybridized carbons (Fsp3) is 0.440. The zero-order valence-corrected chi connectivity index (χ0v) is 17.5. The van der Waals surface area contributed by atoms with Crippen molar-refractivity contribution in [1.29, 1.82) is 0 Å². The first-order valence-electron chi connectivity index (χ1n) is 10.3. The molecule has 0 atom stereocenters. The van der Waals surface area contributed by atoms with E-state index < -0.39 is 0 Å². The molecule has 0 unspecified atom stereocenters. The Morgan fingerprint density at radius 2 is 1.54 bits per heavy atom.